The van der Waals surface area contributed by atoms with Crippen molar-refractivity contribution < 1.29 is 9.00 Å². The van der Waals surface area contributed by atoms with Crippen molar-refractivity contribution in [1.29, 1.82) is 0 Å². The zero-order valence-corrected chi connectivity index (χ0v) is 12.3. The van der Waals surface area contributed by atoms with Crippen LogP contribution in [-0.4, -0.2) is 21.9 Å². The predicted octanol–water partition coefficient (Wildman–Crippen LogP) is 2.65. The molecule has 104 valence electrons. The standard InChI is InChI=1S/C14H18ClNO2S/c15-12-7-5-11(6-8-12)9-19(18)10-14(17)16-13-3-1-2-4-13/h5-8,13H,1-4,9-10H2,(H,16,17). The lowest BCUT2D eigenvalue weighted by Gasteiger charge is -2.11. The van der Waals surface area contributed by atoms with Gasteiger partial charge in [-0.15, -0.1) is 0 Å². The first-order valence-corrected chi connectivity index (χ1v) is 8.39. The van der Waals surface area contributed by atoms with E-state index in [1.807, 2.05) is 12.1 Å². The molecule has 1 N–H and O–H groups in total. The molecule has 0 aromatic heterocycles. The van der Waals surface area contributed by atoms with Crippen LogP contribution in [0.1, 0.15) is 31.2 Å². The molecule has 2 rings (SSSR count). The van der Waals surface area contributed by atoms with Crippen molar-refractivity contribution in [2.45, 2.75) is 37.5 Å². The molecule has 1 fully saturated rings. The molecule has 0 bridgehead atoms. The van der Waals surface area contributed by atoms with Gasteiger partial charge in [0.25, 0.3) is 0 Å². The second-order valence-corrected chi connectivity index (χ2v) is 6.80. The van der Waals surface area contributed by atoms with Crippen molar-refractivity contribution >= 4 is 28.3 Å². The van der Waals surface area contributed by atoms with Crippen molar-refractivity contribution in [3.8, 4) is 0 Å². The highest BCUT2D eigenvalue weighted by Gasteiger charge is 2.18. The summed E-state index contributed by atoms with van der Waals surface area (Å²) in [6.07, 6.45) is 4.46. The van der Waals surface area contributed by atoms with E-state index in [1.165, 1.54) is 12.8 Å². The molecule has 1 aromatic rings. The van der Waals surface area contributed by atoms with E-state index in [4.69, 9.17) is 11.6 Å². The van der Waals surface area contributed by atoms with E-state index in [-0.39, 0.29) is 11.7 Å². The summed E-state index contributed by atoms with van der Waals surface area (Å²) in [5.41, 5.74) is 0.941. The first-order chi connectivity index (χ1) is 9.13. The van der Waals surface area contributed by atoms with Crippen LogP contribution in [0, 0.1) is 0 Å². The summed E-state index contributed by atoms with van der Waals surface area (Å²) >= 11 is 5.79. The SMILES string of the molecule is O=C(CS(=O)Cc1ccc(Cl)cc1)NC1CCCC1. The van der Waals surface area contributed by atoms with Gasteiger partial charge in [0.15, 0.2) is 0 Å². The first kappa shape index (κ1) is 14.5. The Hall–Kier alpha value is -0.870. The molecule has 1 atom stereocenters. The molecule has 3 nitrogen and oxygen atoms in total. The van der Waals surface area contributed by atoms with Crippen molar-refractivity contribution in [3.05, 3.63) is 34.9 Å². The number of amides is 1. The smallest absolute Gasteiger partial charge is 0.232 e. The number of nitrogens with one attached hydrogen (secondary N) is 1. The van der Waals surface area contributed by atoms with Crippen LogP contribution in [-0.2, 0) is 21.3 Å². The van der Waals surface area contributed by atoms with Crippen LogP contribution in [0.25, 0.3) is 0 Å². The quantitative estimate of drug-likeness (QED) is 0.908. The fourth-order valence-electron chi connectivity index (χ4n) is 2.30. The highest BCUT2D eigenvalue weighted by atomic mass is 35.5. The number of rotatable bonds is 5. The van der Waals surface area contributed by atoms with E-state index < -0.39 is 10.8 Å². The Bertz CT molecular complexity index is 455. The van der Waals surface area contributed by atoms with Gasteiger partial charge in [0.2, 0.25) is 5.91 Å². The Labute approximate surface area is 121 Å². The zero-order chi connectivity index (χ0) is 13.7. The molecule has 1 aliphatic carbocycles. The van der Waals surface area contributed by atoms with Gasteiger partial charge in [-0.3, -0.25) is 9.00 Å². The van der Waals surface area contributed by atoms with Gasteiger partial charge < -0.3 is 5.32 Å². The third-order valence-electron chi connectivity index (χ3n) is 3.25. The van der Waals surface area contributed by atoms with Crippen molar-refractivity contribution in [2.75, 3.05) is 5.75 Å². The molecule has 1 saturated carbocycles. The third-order valence-corrected chi connectivity index (χ3v) is 4.74. The minimum Gasteiger partial charge on any atom is -0.353 e. The lowest BCUT2D eigenvalue weighted by Crippen LogP contribution is -2.35. The Morgan fingerprint density at radius 1 is 1.26 bits per heavy atom. The van der Waals surface area contributed by atoms with Gasteiger partial charge in [0.05, 0.1) is 0 Å². The van der Waals surface area contributed by atoms with Gasteiger partial charge in [0.1, 0.15) is 5.75 Å². The van der Waals surface area contributed by atoms with E-state index in [2.05, 4.69) is 5.32 Å². The van der Waals surface area contributed by atoms with Crippen molar-refractivity contribution in [1.82, 2.24) is 5.32 Å². The Morgan fingerprint density at radius 2 is 1.89 bits per heavy atom. The normalized spacial score (nSPS) is 17.3. The highest BCUT2D eigenvalue weighted by Crippen LogP contribution is 2.17. The minimum absolute atomic E-state index is 0.0825. The van der Waals surface area contributed by atoms with Crippen LogP contribution in [0.2, 0.25) is 5.02 Å². The second-order valence-electron chi connectivity index (χ2n) is 4.90. The van der Waals surface area contributed by atoms with E-state index in [1.54, 1.807) is 12.1 Å². The average Bonchev–Trinajstić information content (AvgIpc) is 2.84. The van der Waals surface area contributed by atoms with Gasteiger partial charge in [-0.25, -0.2) is 0 Å². The Kier molecular flexibility index (Phi) is 5.40. The van der Waals surface area contributed by atoms with Gasteiger partial charge >= 0.3 is 0 Å². The number of benzene rings is 1. The molecule has 1 aliphatic rings. The molecule has 1 unspecified atom stereocenters. The maximum Gasteiger partial charge on any atom is 0.232 e. The van der Waals surface area contributed by atoms with Crippen molar-refractivity contribution in [2.24, 2.45) is 0 Å². The Balaban J connectivity index is 1.77. The molecule has 5 heteroatoms. The molecule has 19 heavy (non-hydrogen) atoms. The number of halogens is 1. The number of hydrogen-bond donors (Lipinski definition) is 1. The van der Waals surface area contributed by atoms with Crippen LogP contribution in [0.3, 0.4) is 0 Å². The van der Waals surface area contributed by atoms with Gasteiger partial charge in [-0.1, -0.05) is 36.6 Å². The van der Waals surface area contributed by atoms with Gasteiger partial charge in [0, 0.05) is 27.6 Å². The summed E-state index contributed by atoms with van der Waals surface area (Å²) in [5.74, 6) is 0.383. The maximum absolute atomic E-state index is 11.9. The third kappa shape index (κ3) is 4.96. The van der Waals surface area contributed by atoms with Crippen LogP contribution >= 0.6 is 11.6 Å². The van der Waals surface area contributed by atoms with E-state index in [9.17, 15) is 9.00 Å². The lowest BCUT2D eigenvalue weighted by atomic mass is 10.2. The number of carbonyl (C=O) groups is 1. The van der Waals surface area contributed by atoms with E-state index >= 15 is 0 Å². The summed E-state index contributed by atoms with van der Waals surface area (Å²) in [7, 11) is -1.16. The van der Waals surface area contributed by atoms with Crippen LogP contribution in [0.15, 0.2) is 24.3 Å². The molecule has 0 aliphatic heterocycles. The van der Waals surface area contributed by atoms with Crippen molar-refractivity contribution in [3.63, 3.8) is 0 Å². The average molecular weight is 300 g/mol. The zero-order valence-electron chi connectivity index (χ0n) is 10.7. The molecule has 0 saturated heterocycles. The minimum atomic E-state index is -1.16. The number of carbonyl (C=O) groups excluding carboxylic acids is 1. The first-order valence-electron chi connectivity index (χ1n) is 6.52. The van der Waals surface area contributed by atoms with Crippen LogP contribution in [0.4, 0.5) is 0 Å². The summed E-state index contributed by atoms with van der Waals surface area (Å²) in [6.45, 7) is 0. The number of hydrogen-bond acceptors (Lipinski definition) is 2. The molecule has 0 heterocycles. The van der Waals surface area contributed by atoms with Gasteiger partial charge in [-0.05, 0) is 30.5 Å². The molecular weight excluding hydrogens is 282 g/mol. The topological polar surface area (TPSA) is 46.2 Å². The highest BCUT2D eigenvalue weighted by molar-refractivity contribution is 7.84. The predicted molar refractivity (Wildman–Crippen MR) is 78.6 cm³/mol. The monoisotopic (exact) mass is 299 g/mol. The summed E-state index contributed by atoms with van der Waals surface area (Å²) in [5, 5.41) is 3.61. The van der Waals surface area contributed by atoms with Crippen LogP contribution in [0.5, 0.6) is 0 Å². The molecule has 0 radical (unpaired) electrons. The van der Waals surface area contributed by atoms with E-state index in [0.29, 0.717) is 16.8 Å². The Morgan fingerprint density at radius 3 is 2.53 bits per heavy atom. The summed E-state index contributed by atoms with van der Waals surface area (Å²) < 4.78 is 11.9. The largest absolute Gasteiger partial charge is 0.353 e. The maximum atomic E-state index is 11.9. The lowest BCUT2D eigenvalue weighted by molar-refractivity contribution is -0.119. The molecule has 1 amide bonds. The summed E-state index contributed by atoms with van der Waals surface area (Å²) in [6, 6.07) is 7.52. The molecular formula is C14H18ClNO2S. The molecule has 0 spiro atoms. The summed E-state index contributed by atoms with van der Waals surface area (Å²) in [4.78, 5) is 11.7. The van der Waals surface area contributed by atoms with Crippen LogP contribution < -0.4 is 5.32 Å². The second kappa shape index (κ2) is 7.06. The van der Waals surface area contributed by atoms with E-state index in [0.717, 1.165) is 18.4 Å². The fourth-order valence-corrected chi connectivity index (χ4v) is 3.47. The molecule has 1 aromatic carbocycles. The fraction of sp³-hybridized carbons (Fsp3) is 0.500. The van der Waals surface area contributed by atoms with Gasteiger partial charge in [-0.2, -0.15) is 0 Å².